The van der Waals surface area contributed by atoms with Gasteiger partial charge in [0, 0.05) is 35.9 Å². The van der Waals surface area contributed by atoms with Crippen molar-refractivity contribution >= 4 is 51.6 Å². The van der Waals surface area contributed by atoms with Crippen LogP contribution in [0.1, 0.15) is 21.5 Å². The fraction of sp³-hybridized carbons (Fsp3) is 0.357. The molecule has 0 aromatic heterocycles. The number of fused-ring (bicyclic) bond motifs is 1. The lowest BCUT2D eigenvalue weighted by atomic mass is 9.99. The molecule has 8 nitrogen and oxygen atoms in total. The average molecular weight is 563 g/mol. The van der Waals surface area contributed by atoms with Crippen LogP contribution in [0.15, 0.2) is 48.5 Å². The molecule has 3 N–H and O–H groups in total. The first-order valence-electron chi connectivity index (χ1n) is 12.1. The largest absolute Gasteiger partial charge is 0.507 e. The molecule has 1 atom stereocenters. The Bertz CT molecular complexity index is 1250. The second kappa shape index (κ2) is 14.1. The van der Waals surface area contributed by atoms with E-state index in [2.05, 4.69) is 4.90 Å². The van der Waals surface area contributed by atoms with Gasteiger partial charge in [0.2, 0.25) is 0 Å². The summed E-state index contributed by atoms with van der Waals surface area (Å²) in [5.41, 5.74) is 8.79. The molecule has 0 aliphatic rings. The van der Waals surface area contributed by atoms with Crippen LogP contribution < -0.4 is 15.4 Å². The first kappa shape index (κ1) is 29.4. The zero-order valence-electron chi connectivity index (χ0n) is 21.4. The maximum absolute atomic E-state index is 12.8. The Morgan fingerprint density at radius 1 is 0.974 bits per heavy atom. The van der Waals surface area contributed by atoms with Gasteiger partial charge in [0.25, 0.3) is 0 Å². The number of alkyl halides is 2. The summed E-state index contributed by atoms with van der Waals surface area (Å²) in [6.45, 7) is 2.88. The van der Waals surface area contributed by atoms with Gasteiger partial charge in [-0.2, -0.15) is 0 Å². The highest BCUT2D eigenvalue weighted by atomic mass is 35.5. The molecule has 0 saturated carbocycles. The molecule has 0 amide bonds. The minimum Gasteiger partial charge on any atom is -0.507 e. The lowest BCUT2D eigenvalue weighted by Gasteiger charge is -2.23. The molecule has 204 valence electrons. The Labute approximate surface area is 232 Å². The highest BCUT2D eigenvalue weighted by molar-refractivity contribution is 6.18. The van der Waals surface area contributed by atoms with Gasteiger partial charge in [-0.05, 0) is 60.2 Å². The van der Waals surface area contributed by atoms with Crippen molar-refractivity contribution in [2.75, 3.05) is 50.1 Å². The van der Waals surface area contributed by atoms with Crippen molar-refractivity contribution in [3.8, 4) is 11.5 Å². The van der Waals surface area contributed by atoms with Crippen LogP contribution in [0.4, 0.5) is 5.69 Å². The number of hydrogen-bond donors (Lipinski definition) is 2. The minimum absolute atomic E-state index is 0.0200. The zero-order valence-corrected chi connectivity index (χ0v) is 22.9. The molecule has 1 unspecified atom stereocenters. The Balaban J connectivity index is 1.53. The van der Waals surface area contributed by atoms with Crippen molar-refractivity contribution in [1.82, 2.24) is 0 Å². The van der Waals surface area contributed by atoms with Gasteiger partial charge in [0.15, 0.2) is 0 Å². The Morgan fingerprint density at radius 3 is 2.26 bits per heavy atom. The SMILES string of the molecule is COc1cc(C)c2ccc(O)c(C(=O)OCCOC(=O)C(N)Cc3ccc(N(CCCl)CCCl)cc3)c2c1. The fourth-order valence-corrected chi connectivity index (χ4v) is 4.53. The number of esters is 2. The van der Waals surface area contributed by atoms with Gasteiger partial charge >= 0.3 is 11.9 Å². The van der Waals surface area contributed by atoms with Gasteiger partial charge in [0.05, 0.1) is 7.11 Å². The monoisotopic (exact) mass is 562 g/mol. The quantitative estimate of drug-likeness (QED) is 0.179. The Kier molecular flexibility index (Phi) is 10.9. The van der Waals surface area contributed by atoms with Crippen LogP contribution in [0.5, 0.6) is 11.5 Å². The highest BCUT2D eigenvalue weighted by Gasteiger charge is 2.20. The van der Waals surface area contributed by atoms with Crippen LogP contribution in [0.2, 0.25) is 0 Å². The number of carbonyl (C=O) groups is 2. The van der Waals surface area contributed by atoms with E-state index in [9.17, 15) is 14.7 Å². The molecule has 0 spiro atoms. The molecule has 0 aliphatic heterocycles. The summed E-state index contributed by atoms with van der Waals surface area (Å²) in [6, 6.07) is 13.5. The Hall–Kier alpha value is -3.20. The van der Waals surface area contributed by atoms with E-state index in [0.29, 0.717) is 36.0 Å². The number of ether oxygens (including phenoxy) is 3. The standard InChI is InChI=1S/C28H32Cl2N2O6/c1-18-15-21(36-2)17-23-22(18)7-8-25(33)26(23)28(35)38-14-13-37-27(34)24(31)16-19-3-5-20(6-4-19)32(11-9-29)12-10-30/h3-8,15,17,24,33H,9-14,16,31H2,1-2H3. The number of methoxy groups -OCH3 is 1. The average Bonchev–Trinajstić information content (AvgIpc) is 2.90. The van der Waals surface area contributed by atoms with Crippen molar-refractivity contribution in [2.24, 2.45) is 5.73 Å². The molecule has 0 bridgehead atoms. The summed E-state index contributed by atoms with van der Waals surface area (Å²) >= 11 is 11.7. The predicted molar refractivity (Wildman–Crippen MR) is 150 cm³/mol. The number of halogens is 2. The number of benzene rings is 3. The third-order valence-electron chi connectivity index (χ3n) is 6.06. The number of phenols is 1. The summed E-state index contributed by atoms with van der Waals surface area (Å²) in [4.78, 5) is 27.2. The summed E-state index contributed by atoms with van der Waals surface area (Å²) in [5.74, 6) is -0.0312. The van der Waals surface area contributed by atoms with E-state index in [1.807, 2.05) is 37.3 Å². The summed E-state index contributed by atoms with van der Waals surface area (Å²) in [7, 11) is 1.52. The summed E-state index contributed by atoms with van der Waals surface area (Å²) < 4.78 is 15.8. The molecule has 3 rings (SSSR count). The van der Waals surface area contributed by atoms with Crippen molar-refractivity contribution in [3.05, 3.63) is 65.2 Å². The number of aryl methyl sites for hydroxylation is 1. The number of nitrogens with zero attached hydrogens (tertiary/aromatic N) is 1. The molecule has 0 radical (unpaired) electrons. The van der Waals surface area contributed by atoms with E-state index in [0.717, 1.165) is 22.2 Å². The number of nitrogens with two attached hydrogens (primary N) is 1. The van der Waals surface area contributed by atoms with Gasteiger partial charge in [-0.25, -0.2) is 4.79 Å². The summed E-state index contributed by atoms with van der Waals surface area (Å²) in [5, 5.41) is 11.6. The number of carbonyl (C=O) groups excluding carboxylic acids is 2. The Morgan fingerprint density at radius 2 is 1.63 bits per heavy atom. The second-order valence-electron chi connectivity index (χ2n) is 8.64. The summed E-state index contributed by atoms with van der Waals surface area (Å²) in [6.07, 6.45) is 0.287. The van der Waals surface area contributed by atoms with Gasteiger partial charge < -0.3 is 30.0 Å². The number of hydrogen-bond acceptors (Lipinski definition) is 8. The van der Waals surface area contributed by atoms with Crippen LogP contribution >= 0.6 is 23.2 Å². The zero-order chi connectivity index (χ0) is 27.7. The molecular formula is C28H32Cl2N2O6. The highest BCUT2D eigenvalue weighted by Crippen LogP contribution is 2.33. The van der Waals surface area contributed by atoms with E-state index in [4.69, 9.17) is 43.1 Å². The normalized spacial score (nSPS) is 11.7. The van der Waals surface area contributed by atoms with E-state index in [-0.39, 0.29) is 30.9 Å². The van der Waals surface area contributed by atoms with Gasteiger partial charge in [-0.3, -0.25) is 4.79 Å². The van der Waals surface area contributed by atoms with Crippen molar-refractivity contribution in [3.63, 3.8) is 0 Å². The third kappa shape index (κ3) is 7.43. The second-order valence-corrected chi connectivity index (χ2v) is 9.40. The minimum atomic E-state index is -0.879. The fourth-order valence-electron chi connectivity index (χ4n) is 4.12. The number of anilines is 1. The van der Waals surface area contributed by atoms with E-state index < -0.39 is 18.0 Å². The lowest BCUT2D eigenvalue weighted by Crippen LogP contribution is -2.35. The molecule has 0 fully saturated rings. The maximum atomic E-state index is 12.8. The first-order chi connectivity index (χ1) is 18.3. The van der Waals surface area contributed by atoms with Crippen LogP contribution in [0.25, 0.3) is 10.8 Å². The predicted octanol–water partition coefficient (Wildman–Crippen LogP) is 4.42. The molecule has 0 heterocycles. The molecule has 10 heteroatoms. The van der Waals surface area contributed by atoms with E-state index in [1.54, 1.807) is 12.1 Å². The molecule has 3 aromatic carbocycles. The third-order valence-corrected chi connectivity index (χ3v) is 6.40. The van der Waals surface area contributed by atoms with Crippen LogP contribution in [0.3, 0.4) is 0 Å². The molecule has 38 heavy (non-hydrogen) atoms. The topological polar surface area (TPSA) is 111 Å². The number of phenolic OH excluding ortho intramolecular Hbond substituents is 1. The number of rotatable bonds is 13. The lowest BCUT2D eigenvalue weighted by molar-refractivity contribution is -0.146. The van der Waals surface area contributed by atoms with Crippen LogP contribution in [0, 0.1) is 6.92 Å². The first-order valence-corrected chi connectivity index (χ1v) is 13.2. The van der Waals surface area contributed by atoms with Crippen molar-refractivity contribution in [2.45, 2.75) is 19.4 Å². The molecule has 3 aromatic rings. The van der Waals surface area contributed by atoms with Gasteiger partial charge in [-0.15, -0.1) is 23.2 Å². The van der Waals surface area contributed by atoms with E-state index >= 15 is 0 Å². The molecule has 0 saturated heterocycles. The van der Waals surface area contributed by atoms with Gasteiger partial charge in [-0.1, -0.05) is 18.2 Å². The van der Waals surface area contributed by atoms with Gasteiger partial charge in [0.1, 0.15) is 36.3 Å². The van der Waals surface area contributed by atoms with E-state index in [1.165, 1.54) is 13.2 Å². The van der Waals surface area contributed by atoms with Crippen molar-refractivity contribution < 1.29 is 28.9 Å². The molecular weight excluding hydrogens is 531 g/mol. The smallest absolute Gasteiger partial charge is 0.342 e. The maximum Gasteiger partial charge on any atom is 0.342 e. The molecule has 0 aliphatic carbocycles. The number of aromatic hydroxyl groups is 1. The van der Waals surface area contributed by atoms with Crippen LogP contribution in [-0.2, 0) is 20.7 Å². The van der Waals surface area contributed by atoms with Crippen LogP contribution in [-0.4, -0.2) is 68.3 Å². The van der Waals surface area contributed by atoms with Crippen molar-refractivity contribution in [1.29, 1.82) is 0 Å².